The first kappa shape index (κ1) is 22.5. The molecular formula is C22H21FN4O5. The molecule has 3 amide bonds. The lowest BCUT2D eigenvalue weighted by atomic mass is 10.1. The molecule has 0 aliphatic carbocycles. The fourth-order valence-corrected chi connectivity index (χ4v) is 2.76. The third-order valence-corrected chi connectivity index (χ3v) is 4.25. The van der Waals surface area contributed by atoms with Gasteiger partial charge in [0.2, 0.25) is 5.91 Å². The zero-order valence-corrected chi connectivity index (χ0v) is 17.4. The quantitative estimate of drug-likeness (QED) is 0.557. The van der Waals surface area contributed by atoms with E-state index in [1.807, 2.05) is 0 Å². The number of amides is 3. The number of halogens is 1. The van der Waals surface area contributed by atoms with Crippen LogP contribution >= 0.6 is 0 Å². The summed E-state index contributed by atoms with van der Waals surface area (Å²) < 4.78 is 24.0. The Hall–Kier alpha value is -4.21. The summed E-state index contributed by atoms with van der Waals surface area (Å²) in [5, 5.41) is 8.60. The van der Waals surface area contributed by atoms with Gasteiger partial charge in [0.1, 0.15) is 17.3 Å². The predicted octanol–water partition coefficient (Wildman–Crippen LogP) is 2.85. The number of ether oxygens (including phenoxy) is 1. The van der Waals surface area contributed by atoms with E-state index in [1.54, 1.807) is 31.2 Å². The highest BCUT2D eigenvalue weighted by molar-refractivity contribution is 6.00. The molecule has 2 aromatic carbocycles. The molecule has 0 spiro atoms. The van der Waals surface area contributed by atoms with Crippen LogP contribution in [0.15, 0.2) is 59.1 Å². The van der Waals surface area contributed by atoms with E-state index in [4.69, 9.17) is 9.26 Å². The molecule has 0 atom stereocenters. The molecule has 10 heteroatoms. The SMILES string of the molecule is Cc1cc(NC(=O)CN(C)C(=O)c2ccccc2OCC(=O)Nc2ccccc2F)no1. The van der Waals surface area contributed by atoms with Crippen molar-refractivity contribution in [2.24, 2.45) is 0 Å². The summed E-state index contributed by atoms with van der Waals surface area (Å²) in [5.74, 6) is -1.17. The van der Waals surface area contributed by atoms with Crippen LogP contribution in [0.1, 0.15) is 16.1 Å². The predicted molar refractivity (Wildman–Crippen MR) is 114 cm³/mol. The molecule has 9 nitrogen and oxygen atoms in total. The Labute approximate surface area is 183 Å². The third kappa shape index (κ3) is 5.91. The molecule has 0 bridgehead atoms. The number of carbonyl (C=O) groups is 3. The summed E-state index contributed by atoms with van der Waals surface area (Å²) in [5.41, 5.74) is 0.192. The Morgan fingerprint density at radius 2 is 1.78 bits per heavy atom. The summed E-state index contributed by atoms with van der Waals surface area (Å²) in [4.78, 5) is 38.3. The minimum absolute atomic E-state index is 0.0264. The van der Waals surface area contributed by atoms with Gasteiger partial charge in [-0.15, -0.1) is 0 Å². The Kier molecular flexibility index (Phi) is 7.17. The molecule has 166 valence electrons. The van der Waals surface area contributed by atoms with Crippen molar-refractivity contribution >= 4 is 29.2 Å². The molecule has 0 fully saturated rings. The highest BCUT2D eigenvalue weighted by Crippen LogP contribution is 2.20. The number of benzene rings is 2. The minimum atomic E-state index is -0.590. The number of anilines is 2. The molecule has 0 aliphatic heterocycles. The van der Waals surface area contributed by atoms with Crippen LogP contribution in [0.4, 0.5) is 15.9 Å². The molecule has 0 radical (unpaired) electrons. The highest BCUT2D eigenvalue weighted by atomic mass is 19.1. The van der Waals surface area contributed by atoms with Crippen molar-refractivity contribution in [3.8, 4) is 5.75 Å². The van der Waals surface area contributed by atoms with Gasteiger partial charge in [0.25, 0.3) is 11.8 Å². The van der Waals surface area contributed by atoms with Crippen LogP contribution < -0.4 is 15.4 Å². The van der Waals surface area contributed by atoms with Gasteiger partial charge >= 0.3 is 0 Å². The van der Waals surface area contributed by atoms with E-state index in [1.165, 1.54) is 42.3 Å². The monoisotopic (exact) mass is 440 g/mol. The molecule has 1 aromatic heterocycles. The Bertz CT molecular complexity index is 1130. The van der Waals surface area contributed by atoms with Gasteiger partial charge in [-0.3, -0.25) is 14.4 Å². The van der Waals surface area contributed by atoms with E-state index in [0.717, 1.165) is 0 Å². The molecule has 32 heavy (non-hydrogen) atoms. The first-order valence-corrected chi connectivity index (χ1v) is 9.58. The molecule has 1 heterocycles. The largest absolute Gasteiger partial charge is 0.483 e. The first-order valence-electron chi connectivity index (χ1n) is 9.58. The summed E-state index contributed by atoms with van der Waals surface area (Å²) in [6, 6.07) is 13.6. The first-order chi connectivity index (χ1) is 15.3. The van der Waals surface area contributed by atoms with Crippen LogP contribution in [0.3, 0.4) is 0 Å². The van der Waals surface area contributed by atoms with E-state index in [2.05, 4.69) is 15.8 Å². The van der Waals surface area contributed by atoms with Gasteiger partial charge < -0.3 is 24.8 Å². The number of nitrogens with one attached hydrogen (secondary N) is 2. The van der Waals surface area contributed by atoms with E-state index < -0.39 is 30.1 Å². The molecule has 0 unspecified atom stereocenters. The zero-order chi connectivity index (χ0) is 23.1. The lowest BCUT2D eigenvalue weighted by molar-refractivity contribution is -0.118. The van der Waals surface area contributed by atoms with Gasteiger partial charge in [0, 0.05) is 13.1 Å². The third-order valence-electron chi connectivity index (χ3n) is 4.25. The highest BCUT2D eigenvalue weighted by Gasteiger charge is 2.20. The molecule has 3 rings (SSSR count). The average molecular weight is 440 g/mol. The maximum absolute atomic E-state index is 13.7. The number of hydrogen-bond donors (Lipinski definition) is 2. The number of para-hydroxylation sites is 2. The van der Waals surface area contributed by atoms with Crippen LogP contribution in [0.2, 0.25) is 0 Å². The van der Waals surface area contributed by atoms with Crippen LogP contribution in [0.25, 0.3) is 0 Å². The van der Waals surface area contributed by atoms with Crippen LogP contribution in [-0.2, 0) is 9.59 Å². The van der Waals surface area contributed by atoms with Crippen molar-refractivity contribution in [3.63, 3.8) is 0 Å². The second-order valence-electron chi connectivity index (χ2n) is 6.85. The number of aryl methyl sites for hydroxylation is 1. The Balaban J connectivity index is 1.59. The summed E-state index contributed by atoms with van der Waals surface area (Å²) >= 11 is 0. The maximum Gasteiger partial charge on any atom is 0.262 e. The van der Waals surface area contributed by atoms with Gasteiger partial charge in [0.05, 0.1) is 17.8 Å². The Morgan fingerprint density at radius 1 is 1.06 bits per heavy atom. The van der Waals surface area contributed by atoms with Gasteiger partial charge in [-0.05, 0) is 31.2 Å². The summed E-state index contributed by atoms with van der Waals surface area (Å²) in [6.07, 6.45) is 0. The summed E-state index contributed by atoms with van der Waals surface area (Å²) in [6.45, 7) is 1.01. The second-order valence-corrected chi connectivity index (χ2v) is 6.85. The van der Waals surface area contributed by atoms with Crippen LogP contribution in [-0.4, -0.2) is 48.0 Å². The Morgan fingerprint density at radius 3 is 2.50 bits per heavy atom. The van der Waals surface area contributed by atoms with E-state index in [0.29, 0.717) is 5.76 Å². The number of hydrogen-bond acceptors (Lipinski definition) is 6. The number of rotatable bonds is 8. The number of carbonyl (C=O) groups excluding carboxylic acids is 3. The minimum Gasteiger partial charge on any atom is -0.483 e. The molecule has 0 saturated carbocycles. The van der Waals surface area contributed by atoms with E-state index >= 15 is 0 Å². The van der Waals surface area contributed by atoms with E-state index in [9.17, 15) is 18.8 Å². The average Bonchev–Trinajstić information content (AvgIpc) is 3.17. The molecule has 2 N–H and O–H groups in total. The van der Waals surface area contributed by atoms with Gasteiger partial charge in [-0.2, -0.15) is 0 Å². The normalized spacial score (nSPS) is 10.3. The molecular weight excluding hydrogens is 419 g/mol. The van der Waals surface area contributed by atoms with Crippen molar-refractivity contribution in [1.29, 1.82) is 0 Å². The van der Waals surface area contributed by atoms with Crippen LogP contribution in [0.5, 0.6) is 5.75 Å². The number of likely N-dealkylation sites (N-methyl/N-ethyl adjacent to an activating group) is 1. The van der Waals surface area contributed by atoms with Crippen molar-refractivity contribution in [2.75, 3.05) is 30.8 Å². The van der Waals surface area contributed by atoms with Crippen molar-refractivity contribution in [3.05, 3.63) is 71.7 Å². The molecule has 0 aliphatic rings. The van der Waals surface area contributed by atoms with Gasteiger partial charge in [0.15, 0.2) is 12.4 Å². The zero-order valence-electron chi connectivity index (χ0n) is 17.4. The number of aromatic nitrogens is 1. The standard InChI is InChI=1S/C22H21FN4O5/c1-14-11-19(26-32-14)25-20(28)12-27(2)22(30)15-7-3-6-10-18(15)31-13-21(29)24-17-9-5-4-8-16(17)23/h3-11H,12-13H2,1-2H3,(H,24,29)(H,25,26,28). The van der Waals surface area contributed by atoms with Crippen molar-refractivity contribution in [2.45, 2.75) is 6.92 Å². The fourth-order valence-electron chi connectivity index (χ4n) is 2.76. The molecule has 0 saturated heterocycles. The lowest BCUT2D eigenvalue weighted by Gasteiger charge is -2.18. The van der Waals surface area contributed by atoms with Crippen molar-refractivity contribution < 1.29 is 28.0 Å². The maximum atomic E-state index is 13.7. The fraction of sp³-hybridized carbons (Fsp3) is 0.182. The number of nitrogens with zero attached hydrogens (tertiary/aromatic N) is 2. The second kappa shape index (κ2) is 10.2. The van der Waals surface area contributed by atoms with Gasteiger partial charge in [-0.25, -0.2) is 4.39 Å². The molecule has 3 aromatic rings. The van der Waals surface area contributed by atoms with E-state index in [-0.39, 0.29) is 29.4 Å². The van der Waals surface area contributed by atoms with Gasteiger partial charge in [-0.1, -0.05) is 29.4 Å². The summed E-state index contributed by atoms with van der Waals surface area (Å²) in [7, 11) is 1.46. The lowest BCUT2D eigenvalue weighted by Crippen LogP contribution is -2.35. The van der Waals surface area contributed by atoms with Crippen LogP contribution in [0, 0.1) is 12.7 Å². The van der Waals surface area contributed by atoms with Crippen molar-refractivity contribution in [1.82, 2.24) is 10.1 Å². The smallest absolute Gasteiger partial charge is 0.262 e. The topological polar surface area (TPSA) is 114 Å².